The maximum Gasteiger partial charge on any atom is 0.228 e. The van der Waals surface area contributed by atoms with Crippen LogP contribution >= 0.6 is 11.3 Å². The van der Waals surface area contributed by atoms with Crippen LogP contribution in [0.4, 0.5) is 5.69 Å². The third kappa shape index (κ3) is 2.02. The number of fused-ring (bicyclic) bond motifs is 1. The second kappa shape index (κ2) is 4.51. The van der Waals surface area contributed by atoms with Crippen LogP contribution in [0.5, 0.6) is 0 Å². The van der Waals surface area contributed by atoms with Crippen molar-refractivity contribution < 1.29 is 9.90 Å². The number of thiazole rings is 1. The van der Waals surface area contributed by atoms with Crippen LogP contribution in [0.1, 0.15) is 10.4 Å². The fraction of sp³-hybridized carbons (Fsp3) is 0.231. The standard InChI is InChI=1S/C13H12N2O2S/c16-4-3-10-7-14-13(18-10)8-1-2-11-9(5-8)6-12(17)15-11/h1-2,5,7,16H,3-4,6H2,(H,15,17). The molecule has 5 heteroatoms. The molecule has 0 saturated heterocycles. The number of hydrogen-bond donors (Lipinski definition) is 2. The highest BCUT2D eigenvalue weighted by Gasteiger charge is 2.18. The number of nitrogens with zero attached hydrogens (tertiary/aromatic N) is 1. The van der Waals surface area contributed by atoms with E-state index in [0.29, 0.717) is 12.8 Å². The maximum atomic E-state index is 11.3. The number of rotatable bonds is 3. The number of amides is 1. The smallest absolute Gasteiger partial charge is 0.228 e. The first-order chi connectivity index (χ1) is 8.76. The van der Waals surface area contributed by atoms with E-state index >= 15 is 0 Å². The molecule has 0 unspecified atom stereocenters. The molecule has 1 amide bonds. The minimum absolute atomic E-state index is 0.0438. The molecule has 0 fully saturated rings. The van der Waals surface area contributed by atoms with Crippen LogP contribution in [-0.4, -0.2) is 22.6 Å². The molecule has 3 rings (SSSR count). The first kappa shape index (κ1) is 11.4. The molecule has 1 aliphatic rings. The van der Waals surface area contributed by atoms with Crippen LogP contribution in [0.15, 0.2) is 24.4 Å². The molecule has 0 spiro atoms. The van der Waals surface area contributed by atoms with Crippen LogP contribution in [0.2, 0.25) is 0 Å². The number of aliphatic hydroxyl groups is 1. The van der Waals surface area contributed by atoms with E-state index in [2.05, 4.69) is 10.3 Å². The van der Waals surface area contributed by atoms with Gasteiger partial charge in [0.25, 0.3) is 0 Å². The number of carbonyl (C=O) groups excluding carboxylic acids is 1. The minimum atomic E-state index is 0.0438. The Bertz CT molecular complexity index is 607. The van der Waals surface area contributed by atoms with E-state index in [-0.39, 0.29) is 12.5 Å². The molecule has 2 heterocycles. The lowest BCUT2D eigenvalue weighted by atomic mass is 10.1. The van der Waals surface area contributed by atoms with Crippen molar-refractivity contribution in [1.29, 1.82) is 0 Å². The second-order valence-electron chi connectivity index (χ2n) is 4.20. The van der Waals surface area contributed by atoms with E-state index in [1.54, 1.807) is 17.5 Å². The zero-order valence-corrected chi connectivity index (χ0v) is 10.5. The molecule has 0 bridgehead atoms. The fourth-order valence-electron chi connectivity index (χ4n) is 2.03. The molecule has 18 heavy (non-hydrogen) atoms. The predicted octanol–water partition coefficient (Wildman–Crippen LogP) is 1.84. The van der Waals surface area contributed by atoms with Gasteiger partial charge in [-0.2, -0.15) is 0 Å². The molecular formula is C13H12N2O2S. The monoisotopic (exact) mass is 260 g/mol. The van der Waals surface area contributed by atoms with E-state index in [4.69, 9.17) is 5.11 Å². The van der Waals surface area contributed by atoms with Gasteiger partial charge in [0.15, 0.2) is 0 Å². The van der Waals surface area contributed by atoms with Gasteiger partial charge in [-0.3, -0.25) is 4.79 Å². The van der Waals surface area contributed by atoms with Gasteiger partial charge < -0.3 is 10.4 Å². The average Bonchev–Trinajstić information content (AvgIpc) is 2.93. The Morgan fingerprint density at radius 1 is 1.44 bits per heavy atom. The van der Waals surface area contributed by atoms with Crippen molar-refractivity contribution in [2.24, 2.45) is 0 Å². The van der Waals surface area contributed by atoms with Gasteiger partial charge in [0.05, 0.1) is 6.42 Å². The van der Waals surface area contributed by atoms with Gasteiger partial charge in [-0.15, -0.1) is 11.3 Å². The third-order valence-corrected chi connectivity index (χ3v) is 4.00. The third-order valence-electron chi connectivity index (χ3n) is 2.89. The molecule has 1 aromatic heterocycles. The van der Waals surface area contributed by atoms with Gasteiger partial charge in [0, 0.05) is 35.4 Å². The predicted molar refractivity (Wildman–Crippen MR) is 70.7 cm³/mol. The molecule has 0 saturated carbocycles. The van der Waals surface area contributed by atoms with Crippen LogP contribution in [0.25, 0.3) is 10.6 Å². The summed E-state index contributed by atoms with van der Waals surface area (Å²) >= 11 is 1.58. The van der Waals surface area contributed by atoms with Crippen LogP contribution in [-0.2, 0) is 17.6 Å². The van der Waals surface area contributed by atoms with Gasteiger partial charge >= 0.3 is 0 Å². The number of aromatic nitrogens is 1. The van der Waals surface area contributed by atoms with Crippen molar-refractivity contribution in [2.75, 3.05) is 11.9 Å². The van der Waals surface area contributed by atoms with Crippen molar-refractivity contribution in [3.63, 3.8) is 0 Å². The zero-order chi connectivity index (χ0) is 12.5. The van der Waals surface area contributed by atoms with Crippen LogP contribution < -0.4 is 5.32 Å². The number of nitrogens with one attached hydrogen (secondary N) is 1. The maximum absolute atomic E-state index is 11.3. The summed E-state index contributed by atoms with van der Waals surface area (Å²) in [5.41, 5.74) is 2.95. The van der Waals surface area contributed by atoms with E-state index in [9.17, 15) is 4.79 Å². The zero-order valence-electron chi connectivity index (χ0n) is 9.64. The Labute approximate surface area is 108 Å². The normalized spacial score (nSPS) is 13.5. The molecule has 0 aliphatic carbocycles. The van der Waals surface area contributed by atoms with Gasteiger partial charge in [-0.1, -0.05) is 0 Å². The summed E-state index contributed by atoms with van der Waals surface area (Å²) in [5.74, 6) is 0.0438. The Balaban J connectivity index is 1.92. The molecule has 0 atom stereocenters. The second-order valence-corrected chi connectivity index (χ2v) is 5.32. The first-order valence-corrected chi connectivity index (χ1v) is 6.56. The number of benzene rings is 1. The Morgan fingerprint density at radius 3 is 3.17 bits per heavy atom. The van der Waals surface area contributed by atoms with E-state index in [1.165, 1.54) is 0 Å². The van der Waals surface area contributed by atoms with Gasteiger partial charge in [0.1, 0.15) is 5.01 Å². The van der Waals surface area contributed by atoms with Crippen molar-refractivity contribution in [3.05, 3.63) is 34.8 Å². The molecular weight excluding hydrogens is 248 g/mol. The fourth-order valence-corrected chi connectivity index (χ4v) is 2.93. The van der Waals surface area contributed by atoms with E-state index in [0.717, 1.165) is 26.7 Å². The molecule has 2 aromatic rings. The Morgan fingerprint density at radius 2 is 2.33 bits per heavy atom. The number of hydrogen-bond acceptors (Lipinski definition) is 4. The lowest BCUT2D eigenvalue weighted by Gasteiger charge is -2.00. The molecule has 4 nitrogen and oxygen atoms in total. The molecule has 0 radical (unpaired) electrons. The summed E-state index contributed by atoms with van der Waals surface area (Å²) in [6.45, 7) is 0.143. The van der Waals surface area contributed by atoms with E-state index in [1.807, 2.05) is 18.2 Å². The number of aliphatic hydroxyl groups excluding tert-OH is 1. The highest BCUT2D eigenvalue weighted by atomic mass is 32.1. The molecule has 1 aromatic carbocycles. The van der Waals surface area contributed by atoms with Crippen LogP contribution in [0.3, 0.4) is 0 Å². The highest BCUT2D eigenvalue weighted by molar-refractivity contribution is 7.15. The average molecular weight is 260 g/mol. The lowest BCUT2D eigenvalue weighted by Crippen LogP contribution is -2.03. The summed E-state index contributed by atoms with van der Waals surface area (Å²) < 4.78 is 0. The Kier molecular flexibility index (Phi) is 2.85. The Hall–Kier alpha value is -1.72. The van der Waals surface area contributed by atoms with Crippen LogP contribution in [0, 0.1) is 0 Å². The number of anilines is 1. The molecule has 2 N–H and O–H groups in total. The quantitative estimate of drug-likeness (QED) is 0.885. The van der Waals surface area contributed by atoms with Gasteiger partial charge in [0.2, 0.25) is 5.91 Å². The summed E-state index contributed by atoms with van der Waals surface area (Å²) in [7, 11) is 0. The largest absolute Gasteiger partial charge is 0.396 e. The van der Waals surface area contributed by atoms with Crippen molar-refractivity contribution in [1.82, 2.24) is 4.98 Å². The number of carbonyl (C=O) groups is 1. The van der Waals surface area contributed by atoms with Gasteiger partial charge in [-0.25, -0.2) is 4.98 Å². The SMILES string of the molecule is O=C1Cc2cc(-c3ncc(CCO)s3)ccc2N1. The summed E-state index contributed by atoms with van der Waals surface area (Å²) in [6, 6.07) is 5.89. The highest BCUT2D eigenvalue weighted by Crippen LogP contribution is 2.31. The van der Waals surface area contributed by atoms with Crippen molar-refractivity contribution >= 4 is 22.9 Å². The summed E-state index contributed by atoms with van der Waals surface area (Å²) in [4.78, 5) is 16.7. The van der Waals surface area contributed by atoms with Gasteiger partial charge in [-0.05, 0) is 23.8 Å². The lowest BCUT2D eigenvalue weighted by molar-refractivity contribution is -0.115. The minimum Gasteiger partial charge on any atom is -0.396 e. The topological polar surface area (TPSA) is 62.2 Å². The molecule has 92 valence electrons. The van der Waals surface area contributed by atoms with E-state index < -0.39 is 0 Å². The van der Waals surface area contributed by atoms with Crippen molar-refractivity contribution in [3.8, 4) is 10.6 Å². The molecule has 1 aliphatic heterocycles. The first-order valence-electron chi connectivity index (χ1n) is 5.75. The van der Waals surface area contributed by atoms with Crippen molar-refractivity contribution in [2.45, 2.75) is 12.8 Å². The summed E-state index contributed by atoms with van der Waals surface area (Å²) in [6.07, 6.45) is 2.88. The summed E-state index contributed by atoms with van der Waals surface area (Å²) in [5, 5.41) is 12.6.